The minimum atomic E-state index is -0.758. The Labute approximate surface area is 290 Å². The van der Waals surface area contributed by atoms with E-state index in [-0.39, 0.29) is 18.2 Å². The maximum Gasteiger partial charge on any atom is 0.410 e. The Morgan fingerprint density at radius 2 is 1.57 bits per heavy atom. The Balaban J connectivity index is 1.37. The molecule has 1 amide bonds. The summed E-state index contributed by atoms with van der Waals surface area (Å²) in [6.45, 7) is 8.24. The molecule has 0 aliphatic carbocycles. The third kappa shape index (κ3) is 5.97. The Morgan fingerprint density at radius 1 is 0.957 bits per heavy atom. The monoisotopic (exact) mass is 756 g/mol. The first-order chi connectivity index (χ1) is 22.7. The van der Waals surface area contributed by atoms with Crippen LogP contribution in [0.4, 0.5) is 10.6 Å². The highest BCUT2D eigenvalue weighted by molar-refractivity contribution is 14.1. The summed E-state index contributed by atoms with van der Waals surface area (Å²) in [6.07, 6.45) is 4.03. The van der Waals surface area contributed by atoms with E-state index in [0.717, 1.165) is 39.2 Å². The van der Waals surface area contributed by atoms with Gasteiger partial charge >= 0.3 is 6.09 Å². The van der Waals surface area contributed by atoms with E-state index in [9.17, 15) is 4.79 Å². The summed E-state index contributed by atoms with van der Waals surface area (Å²) in [7, 11) is -0.758. The molecule has 2 aliphatic rings. The number of hydrogen-bond donors (Lipinski definition) is 0. The predicted molar refractivity (Wildman–Crippen MR) is 197 cm³/mol. The number of aliphatic imine (C=N–C) groups is 1. The lowest BCUT2D eigenvalue weighted by molar-refractivity contribution is 0.0234. The fraction of sp³-hybridized carbons (Fsp3) is 0.324. The molecule has 47 heavy (non-hydrogen) atoms. The third-order valence-electron chi connectivity index (χ3n) is 9.11. The Morgan fingerprint density at radius 3 is 2.19 bits per heavy atom. The van der Waals surface area contributed by atoms with E-state index in [4.69, 9.17) is 24.8 Å². The van der Waals surface area contributed by atoms with Crippen LogP contribution in [0.15, 0.2) is 102 Å². The second-order valence-corrected chi connectivity index (χ2v) is 16.6. The third-order valence-corrected chi connectivity index (χ3v) is 12.5. The van der Waals surface area contributed by atoms with Crippen LogP contribution in [0.2, 0.25) is 0 Å². The summed E-state index contributed by atoms with van der Waals surface area (Å²) in [5.74, 6) is 0.636. The number of ether oxygens (including phenoxy) is 1. The van der Waals surface area contributed by atoms with Crippen LogP contribution in [0.1, 0.15) is 57.7 Å². The van der Waals surface area contributed by atoms with E-state index in [1.807, 2.05) is 25.5 Å². The first-order valence-corrected chi connectivity index (χ1v) is 18.7. The second kappa shape index (κ2) is 12.7. The lowest BCUT2D eigenvalue weighted by Gasteiger charge is -2.32. The number of fused-ring (bicyclic) bond motifs is 1. The molecular weight excluding hydrogens is 718 g/mol. The normalized spacial score (nSPS) is 21.9. The fourth-order valence-corrected chi connectivity index (χ4v) is 10.6. The zero-order valence-electron chi connectivity index (χ0n) is 27.0. The molecule has 10 heteroatoms. The molecule has 3 atom stereocenters. The summed E-state index contributed by atoms with van der Waals surface area (Å²) in [6, 6.07) is 32.4. The Hall–Kier alpha value is -3.69. The molecule has 2 aliphatic heterocycles. The molecular formula is C37H38IN6O2P. The summed E-state index contributed by atoms with van der Waals surface area (Å²) < 4.78 is 8.49. The van der Waals surface area contributed by atoms with Crippen molar-refractivity contribution in [3.63, 3.8) is 0 Å². The van der Waals surface area contributed by atoms with E-state index < -0.39 is 18.9 Å². The zero-order chi connectivity index (χ0) is 32.8. The van der Waals surface area contributed by atoms with Crippen LogP contribution in [0.25, 0.3) is 11.0 Å². The van der Waals surface area contributed by atoms with Crippen molar-refractivity contribution in [2.75, 3.05) is 12.7 Å². The van der Waals surface area contributed by atoms with E-state index in [1.54, 1.807) is 11.2 Å². The van der Waals surface area contributed by atoms with Gasteiger partial charge in [0.05, 0.1) is 22.3 Å². The van der Waals surface area contributed by atoms with Gasteiger partial charge in [-0.3, -0.25) is 0 Å². The minimum Gasteiger partial charge on any atom is -0.444 e. The number of benzene rings is 3. The maximum absolute atomic E-state index is 13.0. The average Bonchev–Trinajstić information content (AvgIpc) is 3.75. The highest BCUT2D eigenvalue weighted by atomic mass is 127. The fourth-order valence-electron chi connectivity index (χ4n) is 7.01. The van der Waals surface area contributed by atoms with Gasteiger partial charge in [-0.2, -0.15) is 5.10 Å². The molecule has 0 saturated carbocycles. The van der Waals surface area contributed by atoms with E-state index >= 15 is 0 Å². The Kier molecular flexibility index (Phi) is 8.64. The highest BCUT2D eigenvalue weighted by Crippen LogP contribution is 2.58. The average molecular weight is 757 g/mol. The number of aromatic nitrogens is 4. The number of carbonyl (C=O) groups excluding carboxylic acids is 1. The second-order valence-electron chi connectivity index (χ2n) is 13.3. The van der Waals surface area contributed by atoms with Crippen molar-refractivity contribution in [2.45, 2.75) is 63.6 Å². The summed E-state index contributed by atoms with van der Waals surface area (Å²) >= 11 is 2.29. The van der Waals surface area contributed by atoms with Crippen molar-refractivity contribution in [1.29, 1.82) is 0 Å². The van der Waals surface area contributed by atoms with Gasteiger partial charge in [0.2, 0.25) is 0 Å². The van der Waals surface area contributed by atoms with Gasteiger partial charge in [-0.15, -0.1) is 0 Å². The summed E-state index contributed by atoms with van der Waals surface area (Å²) in [5.41, 5.74) is 3.40. The molecule has 240 valence electrons. The van der Waals surface area contributed by atoms with Crippen LogP contribution >= 0.6 is 30.5 Å². The van der Waals surface area contributed by atoms with Crippen LogP contribution in [0, 0.1) is 3.70 Å². The lowest BCUT2D eigenvalue weighted by atomic mass is 9.73. The molecule has 0 spiro atoms. The van der Waals surface area contributed by atoms with Gasteiger partial charge in [-0.1, -0.05) is 91.0 Å². The van der Waals surface area contributed by atoms with Crippen molar-refractivity contribution in [2.24, 2.45) is 4.99 Å². The van der Waals surface area contributed by atoms with Crippen LogP contribution in [0.3, 0.4) is 0 Å². The van der Waals surface area contributed by atoms with Crippen molar-refractivity contribution in [3.8, 4) is 0 Å². The minimum absolute atomic E-state index is 0.0126. The zero-order valence-corrected chi connectivity index (χ0v) is 30.1. The molecule has 2 saturated heterocycles. The first-order valence-electron chi connectivity index (χ1n) is 16.1. The molecule has 7 rings (SSSR count). The largest absolute Gasteiger partial charge is 0.444 e. The van der Waals surface area contributed by atoms with E-state index in [1.165, 1.54) is 16.4 Å². The molecule has 0 radical (unpaired) electrons. The highest BCUT2D eigenvalue weighted by Gasteiger charge is 2.49. The molecule has 2 aromatic heterocycles. The topological polar surface area (TPSA) is 85.5 Å². The van der Waals surface area contributed by atoms with E-state index in [0.29, 0.717) is 12.4 Å². The van der Waals surface area contributed by atoms with Crippen molar-refractivity contribution in [1.82, 2.24) is 24.6 Å². The standard InChI is InChI=1S/C37H38IN6O2P/c1-25-22-28(23-43(25)35(45)46-36(2,3)4)44-33-30(31(38)42-44)32(39-24-40-33)41-34-37(26-14-8-5-9-15-26,27-16-10-6-11-17-27)20-21-47(34)29-18-12-7-13-19-29/h5-19,24-25,28H,20-23H2,1-4H3/t25-,28+,47?/m0/s1. The van der Waals surface area contributed by atoms with Crippen molar-refractivity contribution in [3.05, 3.63) is 112 Å². The smallest absolute Gasteiger partial charge is 0.410 e. The number of rotatable bonds is 5. The van der Waals surface area contributed by atoms with Gasteiger partial charge in [0.15, 0.2) is 11.5 Å². The van der Waals surface area contributed by atoms with Gasteiger partial charge in [-0.25, -0.2) is 24.4 Å². The number of halogens is 1. The van der Waals surface area contributed by atoms with Gasteiger partial charge in [0.1, 0.15) is 15.6 Å². The van der Waals surface area contributed by atoms with E-state index in [2.05, 4.69) is 121 Å². The maximum atomic E-state index is 13.0. The number of carbonyl (C=O) groups is 1. The first kappa shape index (κ1) is 31.9. The van der Waals surface area contributed by atoms with Gasteiger partial charge in [0, 0.05) is 12.6 Å². The number of hydrogen-bond acceptors (Lipinski definition) is 6. The van der Waals surface area contributed by atoms with Crippen molar-refractivity contribution < 1.29 is 9.53 Å². The number of likely N-dealkylation sites (tertiary alicyclic amines) is 1. The van der Waals surface area contributed by atoms with Crippen molar-refractivity contribution >= 4 is 64.2 Å². The molecule has 0 N–H and O–H groups in total. The molecule has 5 aromatic rings. The lowest BCUT2D eigenvalue weighted by Crippen LogP contribution is -2.38. The molecule has 3 aromatic carbocycles. The van der Waals surface area contributed by atoms with Gasteiger partial charge in [0.25, 0.3) is 0 Å². The van der Waals surface area contributed by atoms with Gasteiger partial charge in [-0.05, 0) is 93.6 Å². The van der Waals surface area contributed by atoms with Crippen LogP contribution in [0.5, 0.6) is 0 Å². The SMILES string of the molecule is C[C@H]1C[C@@H](n2nc(I)c3c(N=C4P(c5ccccc5)CCC4(c4ccccc4)c4ccccc4)ncnc32)CN1C(=O)OC(C)(C)C. The molecule has 8 nitrogen and oxygen atoms in total. The molecule has 2 fully saturated rings. The van der Waals surface area contributed by atoms with Crippen LogP contribution in [-0.2, 0) is 10.2 Å². The molecule has 0 bridgehead atoms. The summed E-state index contributed by atoms with van der Waals surface area (Å²) in [4.78, 5) is 30.0. The number of nitrogens with zero attached hydrogens (tertiary/aromatic N) is 6. The number of amides is 1. The quantitative estimate of drug-likeness (QED) is 0.133. The Bertz CT molecular complexity index is 1890. The van der Waals surface area contributed by atoms with Crippen LogP contribution in [-0.4, -0.2) is 60.5 Å². The predicted octanol–water partition coefficient (Wildman–Crippen LogP) is 8.23. The molecule has 1 unspecified atom stereocenters. The van der Waals surface area contributed by atoms with Gasteiger partial charge < -0.3 is 9.64 Å². The summed E-state index contributed by atoms with van der Waals surface area (Å²) in [5, 5.41) is 7.15. The van der Waals surface area contributed by atoms with Crippen LogP contribution < -0.4 is 5.30 Å². The molecule has 4 heterocycles.